The molecule has 1 aliphatic rings. The molecule has 1 N–H and O–H groups in total. The van der Waals surface area contributed by atoms with Crippen molar-refractivity contribution in [3.05, 3.63) is 29.8 Å². The van der Waals surface area contributed by atoms with Gasteiger partial charge in [-0.3, -0.25) is 0 Å². The highest BCUT2D eigenvalue weighted by Gasteiger charge is 2.22. The normalized spacial score (nSPS) is 23.0. The standard InChI is InChI=1S/C18H29NO/c1-14(2)15-8-10-17(11-9-15)19-13-12-16-6-4-5-7-18(16)20-3/h4-7,14-15,17,19H,8-13H2,1-3H3. The van der Waals surface area contributed by atoms with Gasteiger partial charge in [-0.25, -0.2) is 0 Å². The van der Waals surface area contributed by atoms with E-state index in [0.29, 0.717) is 0 Å². The van der Waals surface area contributed by atoms with Gasteiger partial charge in [-0.15, -0.1) is 0 Å². The molecule has 0 saturated heterocycles. The van der Waals surface area contributed by atoms with Gasteiger partial charge in [0.15, 0.2) is 0 Å². The second-order valence-corrected chi connectivity index (χ2v) is 6.37. The SMILES string of the molecule is COc1ccccc1CCNC1CCC(C(C)C)CC1. The fraction of sp³-hybridized carbons (Fsp3) is 0.667. The molecular formula is C18H29NO. The van der Waals surface area contributed by atoms with Crippen molar-refractivity contribution in [2.24, 2.45) is 11.8 Å². The van der Waals surface area contributed by atoms with Crippen molar-refractivity contribution in [2.75, 3.05) is 13.7 Å². The van der Waals surface area contributed by atoms with E-state index in [9.17, 15) is 0 Å². The third kappa shape index (κ3) is 4.24. The fourth-order valence-electron chi connectivity index (χ4n) is 3.31. The van der Waals surface area contributed by atoms with Crippen molar-refractivity contribution in [2.45, 2.75) is 52.0 Å². The number of nitrogens with one attached hydrogen (secondary N) is 1. The summed E-state index contributed by atoms with van der Waals surface area (Å²) in [5, 5.41) is 3.73. The van der Waals surface area contributed by atoms with Crippen molar-refractivity contribution in [3.63, 3.8) is 0 Å². The molecule has 1 saturated carbocycles. The summed E-state index contributed by atoms with van der Waals surface area (Å²) in [4.78, 5) is 0. The van der Waals surface area contributed by atoms with Crippen molar-refractivity contribution in [3.8, 4) is 5.75 Å². The van der Waals surface area contributed by atoms with E-state index < -0.39 is 0 Å². The van der Waals surface area contributed by atoms with E-state index in [2.05, 4.69) is 31.3 Å². The highest BCUT2D eigenvalue weighted by molar-refractivity contribution is 5.33. The number of ether oxygens (including phenoxy) is 1. The first kappa shape index (κ1) is 15.4. The lowest BCUT2D eigenvalue weighted by atomic mass is 9.80. The maximum absolute atomic E-state index is 5.40. The van der Waals surface area contributed by atoms with Crippen LogP contribution in [0.4, 0.5) is 0 Å². The van der Waals surface area contributed by atoms with Crippen LogP contribution in [0.3, 0.4) is 0 Å². The molecule has 2 rings (SSSR count). The van der Waals surface area contributed by atoms with Crippen molar-refractivity contribution >= 4 is 0 Å². The summed E-state index contributed by atoms with van der Waals surface area (Å²) in [6.07, 6.45) is 6.52. The molecule has 0 aliphatic heterocycles. The van der Waals surface area contributed by atoms with Gasteiger partial charge in [0, 0.05) is 6.04 Å². The van der Waals surface area contributed by atoms with Crippen LogP contribution in [-0.4, -0.2) is 19.7 Å². The molecule has 20 heavy (non-hydrogen) atoms. The zero-order valence-corrected chi connectivity index (χ0v) is 13.2. The van der Waals surface area contributed by atoms with Crippen LogP contribution in [0, 0.1) is 11.8 Å². The van der Waals surface area contributed by atoms with Gasteiger partial charge in [0.2, 0.25) is 0 Å². The molecule has 0 bridgehead atoms. The Morgan fingerprint density at radius 2 is 1.85 bits per heavy atom. The van der Waals surface area contributed by atoms with Crippen LogP contribution >= 0.6 is 0 Å². The molecule has 0 atom stereocenters. The molecule has 2 heteroatoms. The zero-order valence-electron chi connectivity index (χ0n) is 13.2. The van der Waals surface area contributed by atoms with Crippen LogP contribution in [0.2, 0.25) is 0 Å². The van der Waals surface area contributed by atoms with Crippen LogP contribution in [0.5, 0.6) is 5.75 Å². The van der Waals surface area contributed by atoms with Crippen LogP contribution in [0.15, 0.2) is 24.3 Å². The third-order valence-electron chi connectivity index (χ3n) is 4.73. The smallest absolute Gasteiger partial charge is 0.122 e. The van der Waals surface area contributed by atoms with Gasteiger partial charge in [0.05, 0.1) is 7.11 Å². The summed E-state index contributed by atoms with van der Waals surface area (Å²) in [6, 6.07) is 9.05. The molecule has 1 aromatic rings. The first-order valence-corrected chi connectivity index (χ1v) is 8.06. The average Bonchev–Trinajstić information content (AvgIpc) is 2.48. The molecule has 0 unspecified atom stereocenters. The molecule has 1 fully saturated rings. The van der Waals surface area contributed by atoms with Crippen molar-refractivity contribution < 1.29 is 4.74 Å². The number of hydrogen-bond donors (Lipinski definition) is 1. The summed E-state index contributed by atoms with van der Waals surface area (Å²) in [5.74, 6) is 2.81. The van der Waals surface area contributed by atoms with Crippen molar-refractivity contribution in [1.82, 2.24) is 5.32 Å². The van der Waals surface area contributed by atoms with Gasteiger partial charge in [-0.05, 0) is 62.1 Å². The number of benzene rings is 1. The molecule has 1 aromatic carbocycles. The third-order valence-corrected chi connectivity index (χ3v) is 4.73. The molecule has 2 nitrogen and oxygen atoms in total. The van der Waals surface area contributed by atoms with Gasteiger partial charge >= 0.3 is 0 Å². The van der Waals surface area contributed by atoms with E-state index >= 15 is 0 Å². The Kier molecular flexibility index (Phi) is 5.90. The summed E-state index contributed by atoms with van der Waals surface area (Å²) in [6.45, 7) is 5.78. The number of methoxy groups -OCH3 is 1. The molecule has 0 heterocycles. The van der Waals surface area contributed by atoms with Gasteiger partial charge in [-0.1, -0.05) is 32.0 Å². The minimum Gasteiger partial charge on any atom is -0.496 e. The number of rotatable bonds is 6. The van der Waals surface area contributed by atoms with Crippen LogP contribution in [0.25, 0.3) is 0 Å². The largest absolute Gasteiger partial charge is 0.496 e. The Morgan fingerprint density at radius 3 is 2.50 bits per heavy atom. The van der Waals surface area contributed by atoms with Crippen molar-refractivity contribution in [1.29, 1.82) is 0 Å². The highest BCUT2D eigenvalue weighted by atomic mass is 16.5. The van der Waals surface area contributed by atoms with Gasteiger partial charge in [0.1, 0.15) is 5.75 Å². The zero-order chi connectivity index (χ0) is 14.4. The summed E-state index contributed by atoms with van der Waals surface area (Å²) in [7, 11) is 1.75. The lowest BCUT2D eigenvalue weighted by molar-refractivity contribution is 0.239. The lowest BCUT2D eigenvalue weighted by Gasteiger charge is -2.31. The average molecular weight is 275 g/mol. The van der Waals surface area contributed by atoms with Crippen LogP contribution in [0.1, 0.15) is 45.1 Å². The topological polar surface area (TPSA) is 21.3 Å². The lowest BCUT2D eigenvalue weighted by Crippen LogP contribution is -2.35. The Labute approximate surface area is 123 Å². The number of hydrogen-bond acceptors (Lipinski definition) is 2. The molecule has 0 amide bonds. The van der Waals surface area contributed by atoms with Gasteiger partial charge in [0.25, 0.3) is 0 Å². The van der Waals surface area contributed by atoms with Crippen LogP contribution < -0.4 is 10.1 Å². The first-order valence-electron chi connectivity index (χ1n) is 8.06. The maximum atomic E-state index is 5.40. The summed E-state index contributed by atoms with van der Waals surface area (Å²) >= 11 is 0. The summed E-state index contributed by atoms with van der Waals surface area (Å²) < 4.78 is 5.40. The molecule has 112 valence electrons. The van der Waals surface area contributed by atoms with E-state index in [0.717, 1.165) is 36.6 Å². The predicted molar refractivity (Wildman–Crippen MR) is 85.3 cm³/mol. The predicted octanol–water partition coefficient (Wildman–Crippen LogP) is 4.04. The first-order chi connectivity index (χ1) is 9.70. The van der Waals surface area contributed by atoms with Gasteiger partial charge in [-0.2, -0.15) is 0 Å². The molecule has 0 aromatic heterocycles. The Morgan fingerprint density at radius 1 is 1.15 bits per heavy atom. The molecular weight excluding hydrogens is 246 g/mol. The summed E-state index contributed by atoms with van der Waals surface area (Å²) in [5.41, 5.74) is 1.30. The van der Waals surface area contributed by atoms with E-state index in [1.165, 1.54) is 31.2 Å². The molecule has 1 aliphatic carbocycles. The van der Waals surface area contributed by atoms with Crippen LogP contribution in [-0.2, 0) is 6.42 Å². The second kappa shape index (κ2) is 7.68. The Balaban J connectivity index is 1.72. The maximum Gasteiger partial charge on any atom is 0.122 e. The quantitative estimate of drug-likeness (QED) is 0.846. The Bertz CT molecular complexity index is 394. The monoisotopic (exact) mass is 275 g/mol. The van der Waals surface area contributed by atoms with E-state index in [1.54, 1.807) is 7.11 Å². The fourth-order valence-corrected chi connectivity index (χ4v) is 3.31. The minimum atomic E-state index is 0.722. The number of para-hydroxylation sites is 1. The second-order valence-electron chi connectivity index (χ2n) is 6.37. The van der Waals surface area contributed by atoms with E-state index in [-0.39, 0.29) is 0 Å². The highest BCUT2D eigenvalue weighted by Crippen LogP contribution is 2.29. The molecule has 0 spiro atoms. The Hall–Kier alpha value is -1.02. The minimum absolute atomic E-state index is 0.722. The van der Waals surface area contributed by atoms with E-state index in [4.69, 9.17) is 4.74 Å². The molecule has 0 radical (unpaired) electrons. The van der Waals surface area contributed by atoms with E-state index in [1.807, 2.05) is 12.1 Å². The van der Waals surface area contributed by atoms with Gasteiger partial charge < -0.3 is 10.1 Å².